The molecule has 0 N–H and O–H groups in total. The molecular weight excluding hydrogens is 140 g/mol. The summed E-state index contributed by atoms with van der Waals surface area (Å²) in [6.45, 7) is 2.67. The Morgan fingerprint density at radius 3 is 3.00 bits per heavy atom. The number of terminal acetylenes is 1. The standard InChI is InChI=1S/C9H14O2/c1-3-8(2)11-9-6-4-5-7-10-9/h1,8-9H,4-7H2,2H3/t8-,9+/m1/s1. The number of ether oxygens (including phenoxy) is 2. The van der Waals surface area contributed by atoms with E-state index in [2.05, 4.69) is 5.92 Å². The van der Waals surface area contributed by atoms with E-state index in [1.54, 1.807) is 0 Å². The summed E-state index contributed by atoms with van der Waals surface area (Å²) in [6.07, 6.45) is 8.28. The van der Waals surface area contributed by atoms with Crippen molar-refractivity contribution in [2.45, 2.75) is 38.6 Å². The van der Waals surface area contributed by atoms with Crippen LogP contribution < -0.4 is 0 Å². The van der Waals surface area contributed by atoms with Crippen molar-refractivity contribution in [3.05, 3.63) is 0 Å². The Morgan fingerprint density at radius 2 is 2.45 bits per heavy atom. The third-order valence-electron chi connectivity index (χ3n) is 1.73. The van der Waals surface area contributed by atoms with Crippen LogP contribution in [0.25, 0.3) is 0 Å². The molecule has 2 atom stereocenters. The van der Waals surface area contributed by atoms with Crippen LogP contribution in [-0.2, 0) is 9.47 Å². The fourth-order valence-electron chi connectivity index (χ4n) is 1.09. The molecule has 0 spiro atoms. The van der Waals surface area contributed by atoms with Crippen molar-refractivity contribution in [1.82, 2.24) is 0 Å². The maximum atomic E-state index is 5.38. The van der Waals surface area contributed by atoms with Crippen LogP contribution >= 0.6 is 0 Å². The summed E-state index contributed by atoms with van der Waals surface area (Å²) >= 11 is 0. The van der Waals surface area contributed by atoms with Gasteiger partial charge in [0.05, 0.1) is 0 Å². The van der Waals surface area contributed by atoms with Crippen LogP contribution in [0.2, 0.25) is 0 Å². The highest BCUT2D eigenvalue weighted by molar-refractivity contribution is 4.91. The van der Waals surface area contributed by atoms with Crippen LogP contribution in [0.4, 0.5) is 0 Å². The average Bonchev–Trinajstić information content (AvgIpc) is 2.06. The molecular formula is C9H14O2. The molecule has 0 amide bonds. The van der Waals surface area contributed by atoms with Gasteiger partial charge >= 0.3 is 0 Å². The molecule has 0 aliphatic carbocycles. The van der Waals surface area contributed by atoms with Crippen LogP contribution in [0.5, 0.6) is 0 Å². The molecule has 1 heterocycles. The van der Waals surface area contributed by atoms with Gasteiger partial charge in [-0.1, -0.05) is 5.92 Å². The van der Waals surface area contributed by atoms with Gasteiger partial charge in [-0.05, 0) is 26.2 Å². The van der Waals surface area contributed by atoms with Crippen LogP contribution in [-0.4, -0.2) is 19.0 Å². The molecule has 0 aromatic rings. The van der Waals surface area contributed by atoms with Gasteiger partial charge in [-0.15, -0.1) is 6.42 Å². The third kappa shape index (κ3) is 2.92. The van der Waals surface area contributed by atoms with Gasteiger partial charge in [0.25, 0.3) is 0 Å². The molecule has 0 aromatic carbocycles. The fraction of sp³-hybridized carbons (Fsp3) is 0.778. The van der Waals surface area contributed by atoms with Crippen LogP contribution in [0.3, 0.4) is 0 Å². The van der Waals surface area contributed by atoms with Gasteiger partial charge < -0.3 is 9.47 Å². The third-order valence-corrected chi connectivity index (χ3v) is 1.73. The molecule has 62 valence electrons. The Kier molecular flexibility index (Phi) is 3.41. The van der Waals surface area contributed by atoms with E-state index in [4.69, 9.17) is 15.9 Å². The molecule has 11 heavy (non-hydrogen) atoms. The second kappa shape index (κ2) is 4.38. The summed E-state index contributed by atoms with van der Waals surface area (Å²) in [5.41, 5.74) is 0. The number of hydrogen-bond acceptors (Lipinski definition) is 2. The molecule has 0 saturated carbocycles. The summed E-state index contributed by atoms with van der Waals surface area (Å²) in [6, 6.07) is 0. The maximum Gasteiger partial charge on any atom is 0.159 e. The van der Waals surface area contributed by atoms with Gasteiger partial charge in [0.1, 0.15) is 6.10 Å². The smallest absolute Gasteiger partial charge is 0.159 e. The fourth-order valence-corrected chi connectivity index (χ4v) is 1.09. The monoisotopic (exact) mass is 154 g/mol. The minimum atomic E-state index is -0.127. The number of hydrogen-bond donors (Lipinski definition) is 0. The first-order valence-corrected chi connectivity index (χ1v) is 4.06. The van der Waals surface area contributed by atoms with Crippen LogP contribution in [0, 0.1) is 12.3 Å². The minimum Gasteiger partial charge on any atom is -0.353 e. The zero-order valence-electron chi connectivity index (χ0n) is 6.88. The lowest BCUT2D eigenvalue weighted by atomic mass is 10.2. The van der Waals surface area contributed by atoms with E-state index in [-0.39, 0.29) is 12.4 Å². The van der Waals surface area contributed by atoms with E-state index in [9.17, 15) is 0 Å². The topological polar surface area (TPSA) is 18.5 Å². The Hall–Kier alpha value is -0.520. The average molecular weight is 154 g/mol. The molecule has 1 saturated heterocycles. The first-order valence-electron chi connectivity index (χ1n) is 4.06. The van der Waals surface area contributed by atoms with Crippen molar-refractivity contribution in [3.8, 4) is 12.3 Å². The van der Waals surface area contributed by atoms with Gasteiger partial charge in [0, 0.05) is 6.61 Å². The van der Waals surface area contributed by atoms with E-state index in [1.807, 2.05) is 6.92 Å². The van der Waals surface area contributed by atoms with Crippen LogP contribution in [0.1, 0.15) is 26.2 Å². The molecule has 1 rings (SSSR count). The van der Waals surface area contributed by atoms with Crippen molar-refractivity contribution in [2.24, 2.45) is 0 Å². The second-order valence-corrected chi connectivity index (χ2v) is 2.74. The summed E-state index contributed by atoms with van der Waals surface area (Å²) in [4.78, 5) is 0. The molecule has 2 heteroatoms. The Labute approximate surface area is 67.9 Å². The molecule has 0 radical (unpaired) electrons. The van der Waals surface area contributed by atoms with Gasteiger partial charge in [0.15, 0.2) is 6.29 Å². The van der Waals surface area contributed by atoms with Crippen LogP contribution in [0.15, 0.2) is 0 Å². The highest BCUT2D eigenvalue weighted by Gasteiger charge is 2.15. The molecule has 0 unspecified atom stereocenters. The number of rotatable bonds is 2. The SMILES string of the molecule is C#C[C@@H](C)O[C@H]1CCCCO1. The van der Waals surface area contributed by atoms with E-state index in [0.717, 1.165) is 19.4 Å². The predicted octanol–water partition coefficient (Wildman–Crippen LogP) is 1.55. The van der Waals surface area contributed by atoms with E-state index in [1.165, 1.54) is 6.42 Å². The van der Waals surface area contributed by atoms with Crippen molar-refractivity contribution in [3.63, 3.8) is 0 Å². The quantitative estimate of drug-likeness (QED) is 0.562. The molecule has 1 aliphatic heterocycles. The van der Waals surface area contributed by atoms with Crippen molar-refractivity contribution >= 4 is 0 Å². The summed E-state index contributed by atoms with van der Waals surface area (Å²) in [7, 11) is 0. The minimum absolute atomic E-state index is 0.0604. The van der Waals surface area contributed by atoms with Crippen molar-refractivity contribution in [2.75, 3.05) is 6.61 Å². The zero-order valence-corrected chi connectivity index (χ0v) is 6.88. The van der Waals surface area contributed by atoms with E-state index >= 15 is 0 Å². The first-order chi connectivity index (χ1) is 5.33. The van der Waals surface area contributed by atoms with Gasteiger partial charge in [-0.2, -0.15) is 0 Å². The molecule has 1 fully saturated rings. The highest BCUT2D eigenvalue weighted by atomic mass is 16.7. The normalized spacial score (nSPS) is 27.5. The summed E-state index contributed by atoms with van der Waals surface area (Å²) in [5.74, 6) is 2.51. The molecule has 0 aromatic heterocycles. The highest BCUT2D eigenvalue weighted by Crippen LogP contribution is 2.14. The first kappa shape index (κ1) is 8.58. The lowest BCUT2D eigenvalue weighted by Crippen LogP contribution is -2.25. The van der Waals surface area contributed by atoms with E-state index in [0.29, 0.717) is 0 Å². The van der Waals surface area contributed by atoms with Crippen molar-refractivity contribution in [1.29, 1.82) is 0 Å². The molecule has 2 nitrogen and oxygen atoms in total. The zero-order chi connectivity index (χ0) is 8.10. The summed E-state index contributed by atoms with van der Waals surface area (Å²) < 4.78 is 10.7. The van der Waals surface area contributed by atoms with E-state index < -0.39 is 0 Å². The Bertz CT molecular complexity index is 142. The summed E-state index contributed by atoms with van der Waals surface area (Å²) in [5, 5.41) is 0. The van der Waals surface area contributed by atoms with Gasteiger partial charge in [-0.25, -0.2) is 0 Å². The molecule has 1 aliphatic rings. The molecule has 0 bridgehead atoms. The Balaban J connectivity index is 2.20. The second-order valence-electron chi connectivity index (χ2n) is 2.74. The van der Waals surface area contributed by atoms with Crippen molar-refractivity contribution < 1.29 is 9.47 Å². The largest absolute Gasteiger partial charge is 0.353 e. The lowest BCUT2D eigenvalue weighted by Gasteiger charge is -2.23. The Morgan fingerprint density at radius 1 is 1.64 bits per heavy atom. The van der Waals surface area contributed by atoms with Gasteiger partial charge in [-0.3, -0.25) is 0 Å². The van der Waals surface area contributed by atoms with Gasteiger partial charge in [0.2, 0.25) is 0 Å². The maximum absolute atomic E-state index is 5.38. The predicted molar refractivity (Wildman–Crippen MR) is 43.0 cm³/mol. The lowest BCUT2D eigenvalue weighted by molar-refractivity contribution is -0.173.